The molecule has 0 aliphatic heterocycles. The van der Waals surface area contributed by atoms with Crippen LogP contribution in [0.3, 0.4) is 0 Å². The Hall–Kier alpha value is -0.410. The van der Waals surface area contributed by atoms with E-state index in [1.165, 1.54) is 0 Å². The largest absolute Gasteiger partial charge is 0.472 e. The third-order valence-electron chi connectivity index (χ3n) is 1.76. The summed E-state index contributed by atoms with van der Waals surface area (Å²) in [4.78, 5) is 0. The first-order chi connectivity index (χ1) is 6.47. The van der Waals surface area contributed by atoms with Crippen molar-refractivity contribution in [3.8, 4) is 0 Å². The van der Waals surface area contributed by atoms with Crippen molar-refractivity contribution in [1.82, 2.24) is 0 Å². The fourth-order valence-corrected chi connectivity index (χ4v) is 1.90. The van der Waals surface area contributed by atoms with Crippen LogP contribution in [0.2, 0.25) is 0 Å². The molecule has 0 aliphatic rings. The summed E-state index contributed by atoms with van der Waals surface area (Å²) in [7, 11) is 0. The molecule has 1 aromatic heterocycles. The molecule has 0 fully saturated rings. The second kappa shape index (κ2) is 4.89. The van der Waals surface area contributed by atoms with Crippen LogP contribution in [-0.2, 0) is 6.42 Å². The number of furan rings is 1. The highest BCUT2D eigenvalue weighted by atomic mass is 32.2. The maximum Gasteiger partial charge on any atom is 0.0935 e. The van der Waals surface area contributed by atoms with Gasteiger partial charge in [0.25, 0.3) is 0 Å². The van der Waals surface area contributed by atoms with Crippen molar-refractivity contribution < 1.29 is 9.52 Å². The lowest BCUT2D eigenvalue weighted by Crippen LogP contribution is -2.18. The molecule has 80 valence electrons. The van der Waals surface area contributed by atoms with Gasteiger partial charge in [-0.3, -0.25) is 0 Å². The van der Waals surface area contributed by atoms with Crippen LogP contribution in [-0.4, -0.2) is 21.7 Å². The summed E-state index contributed by atoms with van der Waals surface area (Å²) in [6.07, 6.45) is 3.72. The van der Waals surface area contributed by atoms with E-state index in [0.717, 1.165) is 11.3 Å². The van der Waals surface area contributed by atoms with Crippen LogP contribution < -0.4 is 0 Å². The van der Waals surface area contributed by atoms with E-state index >= 15 is 0 Å². The molecule has 1 N–H and O–H groups in total. The summed E-state index contributed by atoms with van der Waals surface area (Å²) in [5.41, 5.74) is 1.06. The van der Waals surface area contributed by atoms with Crippen LogP contribution in [0.5, 0.6) is 0 Å². The Morgan fingerprint density at radius 2 is 2.21 bits per heavy atom. The molecular formula is C11H18O2S. The second-order valence-electron chi connectivity index (χ2n) is 4.41. The minimum absolute atomic E-state index is 0.220. The fraction of sp³-hybridized carbons (Fsp3) is 0.636. The van der Waals surface area contributed by atoms with Gasteiger partial charge in [0, 0.05) is 16.9 Å². The van der Waals surface area contributed by atoms with Gasteiger partial charge in [-0.2, -0.15) is 11.8 Å². The molecule has 1 atom stereocenters. The van der Waals surface area contributed by atoms with Crippen LogP contribution in [0.1, 0.15) is 26.3 Å². The topological polar surface area (TPSA) is 33.4 Å². The first-order valence-electron chi connectivity index (χ1n) is 4.80. The lowest BCUT2D eigenvalue weighted by molar-refractivity contribution is 0.199. The molecule has 1 aromatic rings. The van der Waals surface area contributed by atoms with Gasteiger partial charge in [-0.1, -0.05) is 20.8 Å². The van der Waals surface area contributed by atoms with Gasteiger partial charge in [0.1, 0.15) is 0 Å². The zero-order chi connectivity index (χ0) is 10.6. The highest BCUT2D eigenvalue weighted by Crippen LogP contribution is 2.24. The molecule has 0 aliphatic carbocycles. The van der Waals surface area contributed by atoms with Gasteiger partial charge >= 0.3 is 0 Å². The molecule has 1 rings (SSSR count). The highest BCUT2D eigenvalue weighted by Gasteiger charge is 2.14. The Bertz CT molecular complexity index is 249. The van der Waals surface area contributed by atoms with Gasteiger partial charge < -0.3 is 9.52 Å². The number of thioether (sulfide) groups is 1. The minimum atomic E-state index is -0.281. The van der Waals surface area contributed by atoms with E-state index in [0.29, 0.717) is 6.42 Å². The molecule has 14 heavy (non-hydrogen) atoms. The number of aliphatic hydroxyl groups is 1. The molecule has 1 heterocycles. The van der Waals surface area contributed by atoms with Crippen LogP contribution in [0.25, 0.3) is 0 Å². The average Bonchev–Trinajstić information content (AvgIpc) is 2.52. The van der Waals surface area contributed by atoms with E-state index in [4.69, 9.17) is 4.42 Å². The lowest BCUT2D eigenvalue weighted by Gasteiger charge is -2.19. The standard InChI is InChI=1S/C11H18O2S/c1-11(2,3)14-8-10(12)6-9-4-5-13-7-9/h4-5,7,10,12H,6,8H2,1-3H3. The molecule has 0 amide bonds. The summed E-state index contributed by atoms with van der Waals surface area (Å²) in [6, 6.07) is 1.89. The number of rotatable bonds is 4. The molecular weight excluding hydrogens is 196 g/mol. The molecule has 0 saturated heterocycles. The summed E-state index contributed by atoms with van der Waals surface area (Å²) in [6.45, 7) is 6.46. The Balaban J connectivity index is 2.26. The lowest BCUT2D eigenvalue weighted by atomic mass is 10.2. The predicted molar refractivity (Wildman–Crippen MR) is 60.6 cm³/mol. The van der Waals surface area contributed by atoms with Crippen molar-refractivity contribution >= 4 is 11.8 Å². The number of hydrogen-bond acceptors (Lipinski definition) is 3. The average molecular weight is 214 g/mol. The number of hydrogen-bond donors (Lipinski definition) is 1. The smallest absolute Gasteiger partial charge is 0.0935 e. The van der Waals surface area contributed by atoms with Crippen LogP contribution >= 0.6 is 11.8 Å². The van der Waals surface area contributed by atoms with Gasteiger partial charge in [-0.25, -0.2) is 0 Å². The van der Waals surface area contributed by atoms with Crippen LogP contribution in [0.4, 0.5) is 0 Å². The molecule has 0 aromatic carbocycles. The van der Waals surface area contributed by atoms with Crippen molar-refractivity contribution in [2.24, 2.45) is 0 Å². The Labute approximate surface area is 89.7 Å². The molecule has 0 spiro atoms. The van der Waals surface area contributed by atoms with Crippen molar-refractivity contribution in [2.45, 2.75) is 38.0 Å². The van der Waals surface area contributed by atoms with Crippen LogP contribution in [0, 0.1) is 0 Å². The Morgan fingerprint density at radius 3 is 2.71 bits per heavy atom. The number of aliphatic hydroxyl groups excluding tert-OH is 1. The van der Waals surface area contributed by atoms with E-state index in [-0.39, 0.29) is 10.9 Å². The second-order valence-corrected chi connectivity index (χ2v) is 6.26. The zero-order valence-electron chi connectivity index (χ0n) is 8.99. The fourth-order valence-electron chi connectivity index (χ4n) is 1.09. The molecule has 0 radical (unpaired) electrons. The monoisotopic (exact) mass is 214 g/mol. The Kier molecular flexibility index (Phi) is 4.08. The van der Waals surface area contributed by atoms with Gasteiger partial charge in [0.15, 0.2) is 0 Å². The zero-order valence-corrected chi connectivity index (χ0v) is 9.80. The normalized spacial score (nSPS) is 14.3. The van der Waals surface area contributed by atoms with Crippen LogP contribution in [0.15, 0.2) is 23.0 Å². The van der Waals surface area contributed by atoms with E-state index < -0.39 is 0 Å². The van der Waals surface area contributed by atoms with E-state index in [9.17, 15) is 5.11 Å². The van der Waals surface area contributed by atoms with E-state index in [1.807, 2.05) is 6.07 Å². The van der Waals surface area contributed by atoms with Crippen molar-refractivity contribution in [3.63, 3.8) is 0 Å². The van der Waals surface area contributed by atoms with E-state index in [1.54, 1.807) is 24.3 Å². The van der Waals surface area contributed by atoms with Gasteiger partial charge in [0.05, 0.1) is 18.6 Å². The molecule has 1 unspecified atom stereocenters. The maximum absolute atomic E-state index is 9.72. The molecule has 0 bridgehead atoms. The summed E-state index contributed by atoms with van der Waals surface area (Å²) >= 11 is 1.78. The van der Waals surface area contributed by atoms with Gasteiger partial charge in [-0.15, -0.1) is 0 Å². The third-order valence-corrected chi connectivity index (χ3v) is 3.18. The third kappa shape index (κ3) is 4.72. The first kappa shape index (κ1) is 11.7. The summed E-state index contributed by atoms with van der Waals surface area (Å²) < 4.78 is 5.16. The molecule has 0 saturated carbocycles. The van der Waals surface area contributed by atoms with Gasteiger partial charge in [-0.05, 0) is 11.6 Å². The predicted octanol–water partition coefficient (Wildman–Crippen LogP) is 2.71. The quantitative estimate of drug-likeness (QED) is 0.836. The Morgan fingerprint density at radius 1 is 1.50 bits per heavy atom. The van der Waals surface area contributed by atoms with Crippen molar-refractivity contribution in [1.29, 1.82) is 0 Å². The SMILES string of the molecule is CC(C)(C)SCC(O)Cc1ccoc1. The minimum Gasteiger partial charge on any atom is -0.472 e. The van der Waals surface area contributed by atoms with Gasteiger partial charge in [0.2, 0.25) is 0 Å². The molecule has 3 heteroatoms. The van der Waals surface area contributed by atoms with E-state index in [2.05, 4.69) is 20.8 Å². The summed E-state index contributed by atoms with van der Waals surface area (Å²) in [5.74, 6) is 0.773. The molecule has 2 nitrogen and oxygen atoms in total. The van der Waals surface area contributed by atoms with Crippen molar-refractivity contribution in [3.05, 3.63) is 24.2 Å². The maximum atomic E-state index is 9.72. The highest BCUT2D eigenvalue weighted by molar-refractivity contribution is 8.00. The first-order valence-corrected chi connectivity index (χ1v) is 5.79. The van der Waals surface area contributed by atoms with Crippen molar-refractivity contribution in [2.75, 3.05) is 5.75 Å². The summed E-state index contributed by atoms with van der Waals surface area (Å²) in [5, 5.41) is 9.72.